The molecule has 0 saturated heterocycles. The molecule has 0 aliphatic heterocycles. The number of anilines is 4. The Morgan fingerprint density at radius 1 is 0.735 bits per heavy atom. The number of benzene rings is 4. The van der Waals surface area contributed by atoms with Gasteiger partial charge >= 0.3 is 12.0 Å². The number of para-hydroxylation sites is 4. The van der Waals surface area contributed by atoms with Crippen LogP contribution in [0, 0.1) is 13.8 Å². The molecule has 0 unspecified atom stereocenters. The summed E-state index contributed by atoms with van der Waals surface area (Å²) in [6.45, 7) is 2.59. The predicted molar refractivity (Wildman–Crippen MR) is 188 cm³/mol. The van der Waals surface area contributed by atoms with Crippen molar-refractivity contribution >= 4 is 52.5 Å². The number of nitrogens with zero attached hydrogens (tertiary/aromatic N) is 3. The molecule has 0 bridgehead atoms. The van der Waals surface area contributed by atoms with E-state index < -0.39 is 36.9 Å². The van der Waals surface area contributed by atoms with Crippen LogP contribution in [-0.4, -0.2) is 68.6 Å². The van der Waals surface area contributed by atoms with Crippen molar-refractivity contribution in [2.24, 2.45) is 0 Å². The third kappa shape index (κ3) is 9.67. The van der Waals surface area contributed by atoms with Crippen molar-refractivity contribution in [1.82, 2.24) is 5.32 Å². The molecule has 4 rings (SSSR count). The van der Waals surface area contributed by atoms with Crippen molar-refractivity contribution in [2.75, 3.05) is 53.8 Å². The van der Waals surface area contributed by atoms with E-state index in [1.807, 2.05) is 38.1 Å². The molecule has 0 heterocycles. The molecule has 0 saturated carbocycles. The van der Waals surface area contributed by atoms with Crippen LogP contribution in [0.2, 0.25) is 0 Å². The second-order valence-corrected chi connectivity index (χ2v) is 11.3. The van der Waals surface area contributed by atoms with Crippen LogP contribution in [0.3, 0.4) is 0 Å². The number of hydrogen-bond acceptors (Lipinski definition) is 6. The van der Waals surface area contributed by atoms with Crippen molar-refractivity contribution in [1.29, 1.82) is 0 Å². The summed E-state index contributed by atoms with van der Waals surface area (Å²) in [7, 11) is 3.26. The van der Waals surface area contributed by atoms with E-state index in [9.17, 15) is 24.0 Å². The Morgan fingerprint density at radius 3 is 2.08 bits per heavy atom. The first-order valence-corrected chi connectivity index (χ1v) is 15.5. The molecule has 49 heavy (non-hydrogen) atoms. The maximum Gasteiger partial charge on any atom is 0.319 e. The minimum Gasteiger partial charge on any atom is -0.482 e. The Bertz CT molecular complexity index is 1810. The van der Waals surface area contributed by atoms with Gasteiger partial charge in [0.25, 0.3) is 5.91 Å². The average Bonchev–Trinajstić information content (AvgIpc) is 3.08. The predicted octanol–water partition coefficient (Wildman–Crippen LogP) is 4.79. The Morgan fingerprint density at radius 2 is 1.39 bits per heavy atom. The van der Waals surface area contributed by atoms with Gasteiger partial charge < -0.3 is 30.3 Å². The SMILES string of the molecule is Cc1cccc(C)c1N(C)C(=O)COc1ccccc1N(CC(=O)N(C)c1ccccc1)C(=O)CNC(=O)Nc1cccc(CC(=O)O)c1. The number of carbonyl (C=O) groups is 5. The number of carboxylic acid groups (broad SMARTS) is 1. The molecule has 3 N–H and O–H groups in total. The standard InChI is InChI=1S/C37H39N5O7/c1-25-12-10-13-26(2)36(25)41(4)34(45)24-49-31-19-9-8-18-30(31)42(23-33(44)40(3)29-16-6-5-7-17-29)32(43)22-38-37(48)39-28-15-11-14-27(20-28)21-35(46)47/h5-20H,21-24H2,1-4H3,(H,46,47)(H2,38,39,48). The average molecular weight is 666 g/mol. The third-order valence-corrected chi connectivity index (χ3v) is 7.71. The summed E-state index contributed by atoms with van der Waals surface area (Å²) in [6, 6.07) is 26.8. The summed E-state index contributed by atoms with van der Waals surface area (Å²) in [6.07, 6.45) is -0.217. The Hall–Kier alpha value is -6.17. The normalized spacial score (nSPS) is 10.4. The monoisotopic (exact) mass is 665 g/mol. The Kier molecular flexibility index (Phi) is 12.1. The maximum absolute atomic E-state index is 13.7. The molecule has 12 nitrogen and oxygen atoms in total. The quantitative estimate of drug-likeness (QED) is 0.186. The van der Waals surface area contributed by atoms with Gasteiger partial charge in [-0.25, -0.2) is 4.79 Å². The fourth-order valence-corrected chi connectivity index (χ4v) is 5.20. The first-order chi connectivity index (χ1) is 23.4. The zero-order valence-electron chi connectivity index (χ0n) is 27.8. The number of rotatable bonds is 13. The fraction of sp³-hybridized carbons (Fsp3) is 0.216. The fourth-order valence-electron chi connectivity index (χ4n) is 5.20. The summed E-state index contributed by atoms with van der Waals surface area (Å²) in [5, 5.41) is 14.2. The molecule has 0 fully saturated rings. The molecule has 254 valence electrons. The number of carboxylic acids is 1. The number of hydrogen-bond donors (Lipinski definition) is 3. The van der Waals surface area contributed by atoms with Crippen LogP contribution in [0.25, 0.3) is 0 Å². The lowest BCUT2D eigenvalue weighted by atomic mass is 10.1. The molecule has 5 amide bonds. The van der Waals surface area contributed by atoms with Gasteiger partial charge in [0, 0.05) is 31.2 Å². The third-order valence-electron chi connectivity index (χ3n) is 7.71. The smallest absolute Gasteiger partial charge is 0.319 e. The van der Waals surface area contributed by atoms with Crippen LogP contribution in [-0.2, 0) is 25.6 Å². The van der Waals surface area contributed by atoms with Crippen molar-refractivity contribution in [3.8, 4) is 5.75 Å². The number of carbonyl (C=O) groups excluding carboxylic acids is 4. The molecule has 4 aromatic rings. The van der Waals surface area contributed by atoms with Gasteiger partial charge in [-0.15, -0.1) is 0 Å². The van der Waals surface area contributed by atoms with Crippen LogP contribution in [0.15, 0.2) is 97.1 Å². The number of ether oxygens (including phenoxy) is 1. The first kappa shape index (κ1) is 35.7. The maximum atomic E-state index is 13.7. The highest BCUT2D eigenvalue weighted by Gasteiger charge is 2.26. The molecular weight excluding hydrogens is 626 g/mol. The number of urea groups is 1. The van der Waals surface area contributed by atoms with Gasteiger partial charge in [-0.1, -0.05) is 60.7 Å². The zero-order valence-corrected chi connectivity index (χ0v) is 27.8. The highest BCUT2D eigenvalue weighted by atomic mass is 16.5. The molecule has 12 heteroatoms. The van der Waals surface area contributed by atoms with E-state index >= 15 is 0 Å². The van der Waals surface area contributed by atoms with Gasteiger partial charge in [0.15, 0.2) is 6.61 Å². The largest absolute Gasteiger partial charge is 0.482 e. The molecule has 0 spiro atoms. The van der Waals surface area contributed by atoms with E-state index in [0.717, 1.165) is 16.8 Å². The lowest BCUT2D eigenvalue weighted by Crippen LogP contribution is -2.46. The van der Waals surface area contributed by atoms with E-state index in [0.29, 0.717) is 16.9 Å². The summed E-state index contributed by atoms with van der Waals surface area (Å²) < 4.78 is 5.97. The Balaban J connectivity index is 1.53. The van der Waals surface area contributed by atoms with Crippen molar-refractivity contribution in [3.05, 3.63) is 114 Å². The van der Waals surface area contributed by atoms with E-state index in [1.54, 1.807) is 80.8 Å². The summed E-state index contributed by atoms with van der Waals surface area (Å²) in [5.41, 5.74) is 4.31. The van der Waals surface area contributed by atoms with E-state index in [-0.39, 0.29) is 30.4 Å². The molecule has 0 atom stereocenters. The van der Waals surface area contributed by atoms with Crippen LogP contribution in [0.4, 0.5) is 27.5 Å². The number of aliphatic carboxylic acids is 1. The summed E-state index contributed by atoms with van der Waals surface area (Å²) in [4.78, 5) is 68.4. The highest BCUT2D eigenvalue weighted by Crippen LogP contribution is 2.29. The Labute approximate surface area is 284 Å². The molecule has 0 aliphatic carbocycles. The number of amides is 5. The van der Waals surface area contributed by atoms with Crippen LogP contribution in [0.1, 0.15) is 16.7 Å². The molecule has 0 aliphatic rings. The van der Waals surface area contributed by atoms with Crippen molar-refractivity contribution in [3.63, 3.8) is 0 Å². The van der Waals surface area contributed by atoms with E-state index in [4.69, 9.17) is 9.84 Å². The van der Waals surface area contributed by atoms with Gasteiger partial charge in [0.2, 0.25) is 11.8 Å². The lowest BCUT2D eigenvalue weighted by molar-refractivity contribution is -0.136. The second-order valence-electron chi connectivity index (χ2n) is 11.3. The van der Waals surface area contributed by atoms with Crippen LogP contribution < -0.4 is 30.1 Å². The number of nitrogens with one attached hydrogen (secondary N) is 2. The van der Waals surface area contributed by atoms with Gasteiger partial charge in [0.05, 0.1) is 18.7 Å². The molecule has 0 aromatic heterocycles. The summed E-state index contributed by atoms with van der Waals surface area (Å²) in [5.74, 6) is -2.19. The van der Waals surface area contributed by atoms with Gasteiger partial charge in [-0.2, -0.15) is 0 Å². The minimum absolute atomic E-state index is 0.189. The molecule has 4 aromatic carbocycles. The van der Waals surface area contributed by atoms with E-state index in [1.165, 1.54) is 20.8 Å². The molecular formula is C37H39N5O7. The minimum atomic E-state index is -1.01. The van der Waals surface area contributed by atoms with Gasteiger partial charge in [-0.3, -0.25) is 24.1 Å². The van der Waals surface area contributed by atoms with Gasteiger partial charge in [0.1, 0.15) is 12.3 Å². The van der Waals surface area contributed by atoms with E-state index in [2.05, 4.69) is 10.6 Å². The van der Waals surface area contributed by atoms with Gasteiger partial charge in [-0.05, 0) is 66.9 Å². The topological polar surface area (TPSA) is 149 Å². The number of aryl methyl sites for hydroxylation is 2. The first-order valence-electron chi connectivity index (χ1n) is 15.5. The summed E-state index contributed by atoms with van der Waals surface area (Å²) >= 11 is 0. The highest BCUT2D eigenvalue weighted by molar-refractivity contribution is 6.06. The molecule has 0 radical (unpaired) electrons. The second kappa shape index (κ2) is 16.6. The number of likely N-dealkylation sites (N-methyl/N-ethyl adjacent to an activating group) is 2. The lowest BCUT2D eigenvalue weighted by Gasteiger charge is -2.27. The zero-order chi connectivity index (χ0) is 35.5. The van der Waals surface area contributed by atoms with Crippen molar-refractivity contribution < 1.29 is 33.8 Å². The van der Waals surface area contributed by atoms with Crippen molar-refractivity contribution in [2.45, 2.75) is 20.3 Å². The van der Waals surface area contributed by atoms with Crippen LogP contribution in [0.5, 0.6) is 5.75 Å². The van der Waals surface area contributed by atoms with Crippen LogP contribution >= 0.6 is 0 Å².